The van der Waals surface area contributed by atoms with Gasteiger partial charge in [-0.25, -0.2) is 18.1 Å². The number of nitrogens with zero attached hydrogens (tertiary/aromatic N) is 1. The molecule has 0 saturated carbocycles. The first-order chi connectivity index (χ1) is 8.99. The van der Waals surface area contributed by atoms with Gasteiger partial charge in [0.1, 0.15) is 10.0 Å². The first-order valence-corrected chi connectivity index (χ1v) is 8.49. The summed E-state index contributed by atoms with van der Waals surface area (Å²) in [6.45, 7) is 0.319. The molecule has 4 nitrogen and oxygen atoms in total. The highest BCUT2D eigenvalue weighted by Crippen LogP contribution is 2.21. The Kier molecular flexibility index (Phi) is 4.81. The van der Waals surface area contributed by atoms with E-state index >= 15 is 0 Å². The van der Waals surface area contributed by atoms with Crippen molar-refractivity contribution in [3.8, 4) is 0 Å². The monoisotopic (exact) mass is 336 g/mol. The van der Waals surface area contributed by atoms with Crippen LogP contribution >= 0.6 is 34.5 Å². The molecule has 0 aliphatic rings. The molecule has 8 heteroatoms. The van der Waals surface area contributed by atoms with Crippen molar-refractivity contribution in [2.45, 2.75) is 11.3 Å². The fourth-order valence-electron chi connectivity index (χ4n) is 1.40. The highest BCUT2D eigenvalue weighted by atomic mass is 35.5. The van der Waals surface area contributed by atoms with Crippen molar-refractivity contribution in [2.24, 2.45) is 0 Å². The van der Waals surface area contributed by atoms with Crippen LogP contribution in [0.5, 0.6) is 0 Å². The molecule has 0 fully saturated rings. The smallest absolute Gasteiger partial charge is 0.242 e. The Morgan fingerprint density at radius 1 is 1.37 bits per heavy atom. The molecule has 0 radical (unpaired) electrons. The van der Waals surface area contributed by atoms with Gasteiger partial charge >= 0.3 is 0 Å². The number of hydrogen-bond acceptors (Lipinski definition) is 4. The van der Waals surface area contributed by atoms with E-state index < -0.39 is 10.0 Å². The van der Waals surface area contributed by atoms with Gasteiger partial charge in [-0.2, -0.15) is 11.3 Å². The summed E-state index contributed by atoms with van der Waals surface area (Å²) in [6, 6.07) is 3.24. The summed E-state index contributed by atoms with van der Waals surface area (Å²) in [5.74, 6) is 0. The van der Waals surface area contributed by atoms with Gasteiger partial charge in [-0.1, -0.05) is 23.2 Å². The van der Waals surface area contributed by atoms with Gasteiger partial charge < -0.3 is 0 Å². The largest absolute Gasteiger partial charge is 0.242 e. The van der Waals surface area contributed by atoms with Gasteiger partial charge in [0, 0.05) is 12.7 Å². The van der Waals surface area contributed by atoms with Gasteiger partial charge in [0.15, 0.2) is 0 Å². The van der Waals surface area contributed by atoms with E-state index in [-0.39, 0.29) is 15.1 Å². The second kappa shape index (κ2) is 6.19. The van der Waals surface area contributed by atoms with Crippen LogP contribution in [0.4, 0.5) is 0 Å². The second-order valence-electron chi connectivity index (χ2n) is 3.72. The van der Waals surface area contributed by atoms with Crippen molar-refractivity contribution in [3.63, 3.8) is 0 Å². The number of aromatic nitrogens is 1. The summed E-state index contributed by atoms with van der Waals surface area (Å²) >= 11 is 13.0. The number of halogens is 2. The fourth-order valence-corrected chi connectivity index (χ4v) is 3.44. The molecule has 2 heterocycles. The first-order valence-electron chi connectivity index (χ1n) is 5.31. The van der Waals surface area contributed by atoms with E-state index in [1.807, 2.05) is 16.8 Å². The Labute approximate surface area is 125 Å². The Morgan fingerprint density at radius 3 is 2.79 bits per heavy atom. The van der Waals surface area contributed by atoms with Gasteiger partial charge in [-0.15, -0.1) is 0 Å². The third-order valence-corrected chi connectivity index (χ3v) is 5.21. The minimum absolute atomic E-state index is 0.00668. The van der Waals surface area contributed by atoms with E-state index in [9.17, 15) is 8.42 Å². The third kappa shape index (κ3) is 3.90. The molecule has 0 aliphatic carbocycles. The van der Waals surface area contributed by atoms with Crippen LogP contribution < -0.4 is 4.72 Å². The summed E-state index contributed by atoms with van der Waals surface area (Å²) in [5, 5.41) is 4.13. The molecule has 0 aliphatic heterocycles. The lowest BCUT2D eigenvalue weighted by molar-refractivity contribution is 0.581. The average molecular weight is 337 g/mol. The summed E-state index contributed by atoms with van der Waals surface area (Å²) in [4.78, 5) is 3.73. The van der Waals surface area contributed by atoms with Crippen LogP contribution in [0.3, 0.4) is 0 Å². The molecule has 0 unspecified atom stereocenters. The van der Waals surface area contributed by atoms with Gasteiger partial charge in [0.05, 0.1) is 5.02 Å². The van der Waals surface area contributed by atoms with Gasteiger partial charge in [-0.3, -0.25) is 0 Å². The van der Waals surface area contributed by atoms with Crippen molar-refractivity contribution in [1.82, 2.24) is 9.71 Å². The molecule has 0 atom stereocenters. The number of rotatable bonds is 5. The molecule has 0 saturated heterocycles. The molecule has 0 amide bonds. The van der Waals surface area contributed by atoms with Gasteiger partial charge in [-0.05, 0) is 34.9 Å². The van der Waals surface area contributed by atoms with Crippen LogP contribution in [0.2, 0.25) is 10.2 Å². The standard InChI is InChI=1S/C11H10Cl2N2O2S2/c12-10-5-9(6-14-11(10)13)19(16,17)15-3-1-8-2-4-18-7-8/h2,4-7,15H,1,3H2. The lowest BCUT2D eigenvalue weighted by Crippen LogP contribution is -2.26. The van der Waals surface area contributed by atoms with Crippen LogP contribution in [0.1, 0.15) is 5.56 Å². The number of thiophene rings is 1. The first kappa shape index (κ1) is 14.7. The van der Waals surface area contributed by atoms with Gasteiger partial charge in [0.2, 0.25) is 10.0 Å². The zero-order valence-corrected chi connectivity index (χ0v) is 12.8. The Hall–Kier alpha value is -0.660. The topological polar surface area (TPSA) is 59.1 Å². The zero-order valence-electron chi connectivity index (χ0n) is 9.64. The van der Waals surface area contributed by atoms with E-state index in [2.05, 4.69) is 9.71 Å². The van der Waals surface area contributed by atoms with E-state index in [1.54, 1.807) is 11.3 Å². The van der Waals surface area contributed by atoms with Crippen molar-refractivity contribution < 1.29 is 8.42 Å². The van der Waals surface area contributed by atoms with Crippen LogP contribution in [-0.4, -0.2) is 19.9 Å². The predicted octanol–water partition coefficient (Wildman–Crippen LogP) is 2.97. The van der Waals surface area contributed by atoms with E-state index in [1.165, 1.54) is 12.3 Å². The summed E-state index contributed by atoms with van der Waals surface area (Å²) in [7, 11) is -3.60. The molecule has 2 aromatic heterocycles. The van der Waals surface area contributed by atoms with Crippen molar-refractivity contribution in [2.75, 3.05) is 6.54 Å². The van der Waals surface area contributed by atoms with Crippen LogP contribution in [-0.2, 0) is 16.4 Å². The predicted molar refractivity (Wildman–Crippen MR) is 77.5 cm³/mol. The highest BCUT2D eigenvalue weighted by molar-refractivity contribution is 7.89. The molecular weight excluding hydrogens is 327 g/mol. The molecule has 0 bridgehead atoms. The van der Waals surface area contributed by atoms with Crippen molar-refractivity contribution in [1.29, 1.82) is 0 Å². The Balaban J connectivity index is 2.03. The molecule has 0 aromatic carbocycles. The quantitative estimate of drug-likeness (QED) is 0.854. The molecule has 2 aromatic rings. The van der Waals surface area contributed by atoms with E-state index in [0.29, 0.717) is 13.0 Å². The normalized spacial score (nSPS) is 11.7. The van der Waals surface area contributed by atoms with Crippen molar-refractivity contribution >= 4 is 44.6 Å². The molecule has 0 spiro atoms. The summed E-state index contributed by atoms with van der Waals surface area (Å²) in [5.41, 5.74) is 1.10. The molecular formula is C11H10Cl2N2O2S2. The lowest BCUT2D eigenvalue weighted by Gasteiger charge is -2.06. The molecule has 2 rings (SSSR count). The number of pyridine rings is 1. The molecule has 1 N–H and O–H groups in total. The minimum atomic E-state index is -3.60. The maximum absolute atomic E-state index is 12.0. The molecule has 19 heavy (non-hydrogen) atoms. The maximum Gasteiger partial charge on any atom is 0.242 e. The minimum Gasteiger partial charge on any atom is -0.242 e. The highest BCUT2D eigenvalue weighted by Gasteiger charge is 2.15. The average Bonchev–Trinajstić information content (AvgIpc) is 2.85. The van der Waals surface area contributed by atoms with E-state index in [0.717, 1.165) is 5.56 Å². The fraction of sp³-hybridized carbons (Fsp3) is 0.182. The van der Waals surface area contributed by atoms with Gasteiger partial charge in [0.25, 0.3) is 0 Å². The third-order valence-electron chi connectivity index (χ3n) is 2.37. The van der Waals surface area contributed by atoms with Crippen molar-refractivity contribution in [3.05, 3.63) is 44.8 Å². The van der Waals surface area contributed by atoms with Crippen LogP contribution in [0.15, 0.2) is 34.0 Å². The SMILES string of the molecule is O=S(=O)(NCCc1ccsc1)c1cnc(Cl)c(Cl)c1. The van der Waals surface area contributed by atoms with Crippen LogP contribution in [0, 0.1) is 0 Å². The number of nitrogens with one attached hydrogen (secondary N) is 1. The van der Waals surface area contributed by atoms with E-state index in [4.69, 9.17) is 23.2 Å². The summed E-state index contributed by atoms with van der Waals surface area (Å²) < 4.78 is 26.4. The van der Waals surface area contributed by atoms with Crippen LogP contribution in [0.25, 0.3) is 0 Å². The Morgan fingerprint density at radius 2 is 2.16 bits per heavy atom. The zero-order chi connectivity index (χ0) is 13.9. The second-order valence-corrected chi connectivity index (χ2v) is 7.04. The number of hydrogen-bond donors (Lipinski definition) is 1. The summed E-state index contributed by atoms with van der Waals surface area (Å²) in [6.07, 6.45) is 1.82. The Bertz CT molecular complexity index is 657. The lowest BCUT2D eigenvalue weighted by atomic mass is 10.2. The number of sulfonamides is 1. The molecule has 102 valence electrons. The maximum atomic E-state index is 12.0.